The highest BCUT2D eigenvalue weighted by atomic mass is 16.5. The van der Waals surface area contributed by atoms with Gasteiger partial charge in [-0.15, -0.1) is 0 Å². The zero-order chi connectivity index (χ0) is 18.1. The van der Waals surface area contributed by atoms with Crippen LogP contribution in [0.15, 0.2) is 61.2 Å². The van der Waals surface area contributed by atoms with Crippen LogP contribution in [0, 0.1) is 0 Å². The molecular formula is C20H22N2O3. The third-order valence-corrected chi connectivity index (χ3v) is 3.57. The number of ether oxygens (including phenoxy) is 1. The molecule has 0 aliphatic heterocycles. The van der Waals surface area contributed by atoms with E-state index in [2.05, 4.69) is 24.1 Å². The minimum Gasteiger partial charge on any atom is -0.490 e. The lowest BCUT2D eigenvalue weighted by Gasteiger charge is -2.08. The molecule has 2 aromatic carbocycles. The van der Waals surface area contributed by atoms with Gasteiger partial charge in [-0.3, -0.25) is 9.59 Å². The van der Waals surface area contributed by atoms with E-state index in [1.807, 2.05) is 24.3 Å². The number of aryl methyl sites for hydroxylation is 1. The normalized spacial score (nSPS) is 9.96. The Morgan fingerprint density at radius 1 is 1.00 bits per heavy atom. The Labute approximate surface area is 147 Å². The van der Waals surface area contributed by atoms with Crippen LogP contribution in [0.3, 0.4) is 0 Å². The maximum absolute atomic E-state index is 11.9. The van der Waals surface area contributed by atoms with Gasteiger partial charge < -0.3 is 15.4 Å². The molecule has 130 valence electrons. The highest BCUT2D eigenvalue weighted by Gasteiger charge is 2.13. The smallest absolute Gasteiger partial charge is 0.313 e. The first-order valence-corrected chi connectivity index (χ1v) is 8.13. The molecule has 0 aliphatic rings. The van der Waals surface area contributed by atoms with E-state index in [-0.39, 0.29) is 0 Å². The fraction of sp³-hybridized carbons (Fsp3) is 0.200. The summed E-state index contributed by atoms with van der Waals surface area (Å²) in [5, 5.41) is 5.16. The van der Waals surface area contributed by atoms with Gasteiger partial charge in [-0.2, -0.15) is 0 Å². The van der Waals surface area contributed by atoms with Gasteiger partial charge in [-0.25, -0.2) is 0 Å². The monoisotopic (exact) mass is 338 g/mol. The van der Waals surface area contributed by atoms with Crippen molar-refractivity contribution in [2.75, 3.05) is 11.9 Å². The van der Waals surface area contributed by atoms with Crippen molar-refractivity contribution in [1.29, 1.82) is 0 Å². The van der Waals surface area contributed by atoms with Crippen LogP contribution in [-0.2, 0) is 22.6 Å². The molecule has 2 aromatic rings. The summed E-state index contributed by atoms with van der Waals surface area (Å²) >= 11 is 0. The average Bonchev–Trinajstić information content (AvgIpc) is 2.65. The number of benzene rings is 2. The maximum atomic E-state index is 11.9. The summed E-state index contributed by atoms with van der Waals surface area (Å²) in [5.74, 6) is -0.714. The van der Waals surface area contributed by atoms with Crippen LogP contribution < -0.4 is 15.4 Å². The molecule has 0 radical (unpaired) electrons. The van der Waals surface area contributed by atoms with Gasteiger partial charge in [-0.05, 0) is 41.8 Å². The molecule has 25 heavy (non-hydrogen) atoms. The second-order valence-electron chi connectivity index (χ2n) is 5.43. The molecule has 0 saturated carbocycles. The first-order chi connectivity index (χ1) is 12.1. The van der Waals surface area contributed by atoms with Crippen molar-refractivity contribution in [3.8, 4) is 5.75 Å². The first kappa shape index (κ1) is 18.3. The van der Waals surface area contributed by atoms with E-state index in [1.165, 1.54) is 5.56 Å². The lowest BCUT2D eigenvalue weighted by molar-refractivity contribution is -0.136. The molecule has 2 rings (SSSR count). The molecule has 0 fully saturated rings. The first-order valence-electron chi connectivity index (χ1n) is 8.13. The zero-order valence-corrected chi connectivity index (χ0v) is 14.2. The van der Waals surface area contributed by atoms with Gasteiger partial charge in [0.15, 0.2) is 0 Å². The molecule has 5 heteroatoms. The number of hydrogen-bond acceptors (Lipinski definition) is 3. The van der Waals surface area contributed by atoms with E-state index in [9.17, 15) is 9.59 Å². The van der Waals surface area contributed by atoms with Gasteiger partial charge >= 0.3 is 11.8 Å². The van der Waals surface area contributed by atoms with Gasteiger partial charge in [0.05, 0.1) is 0 Å². The summed E-state index contributed by atoms with van der Waals surface area (Å²) in [6, 6.07) is 14.7. The SMILES string of the molecule is C=CCOc1ccc(NC(=O)C(=O)NCc2ccc(CC)cc2)cc1. The fourth-order valence-electron chi connectivity index (χ4n) is 2.13. The highest BCUT2D eigenvalue weighted by Crippen LogP contribution is 2.15. The predicted molar refractivity (Wildman–Crippen MR) is 98.4 cm³/mol. The van der Waals surface area contributed by atoms with E-state index in [1.54, 1.807) is 30.3 Å². The molecule has 0 spiro atoms. The molecular weight excluding hydrogens is 316 g/mol. The van der Waals surface area contributed by atoms with E-state index in [0.29, 0.717) is 24.6 Å². The molecule has 0 atom stereocenters. The van der Waals surface area contributed by atoms with Crippen molar-refractivity contribution in [3.05, 3.63) is 72.3 Å². The Balaban J connectivity index is 1.82. The van der Waals surface area contributed by atoms with Crippen LogP contribution in [0.25, 0.3) is 0 Å². The molecule has 0 bridgehead atoms. The van der Waals surface area contributed by atoms with Crippen LogP contribution in [-0.4, -0.2) is 18.4 Å². The second kappa shape index (κ2) is 9.27. The largest absolute Gasteiger partial charge is 0.490 e. The van der Waals surface area contributed by atoms with E-state index in [4.69, 9.17) is 4.74 Å². The number of anilines is 1. The molecule has 0 aliphatic carbocycles. The lowest BCUT2D eigenvalue weighted by Crippen LogP contribution is -2.34. The van der Waals surface area contributed by atoms with Crippen LogP contribution in [0.2, 0.25) is 0 Å². The van der Waals surface area contributed by atoms with Crippen molar-refractivity contribution in [2.45, 2.75) is 19.9 Å². The van der Waals surface area contributed by atoms with Crippen molar-refractivity contribution in [1.82, 2.24) is 5.32 Å². The highest BCUT2D eigenvalue weighted by molar-refractivity contribution is 6.39. The van der Waals surface area contributed by atoms with Crippen LogP contribution in [0.5, 0.6) is 5.75 Å². The van der Waals surface area contributed by atoms with Gasteiger partial charge in [0, 0.05) is 12.2 Å². The third kappa shape index (κ3) is 5.80. The zero-order valence-electron chi connectivity index (χ0n) is 14.2. The Hall–Kier alpha value is -3.08. The average molecular weight is 338 g/mol. The van der Waals surface area contributed by atoms with Crippen molar-refractivity contribution < 1.29 is 14.3 Å². The number of rotatable bonds is 7. The topological polar surface area (TPSA) is 67.4 Å². The number of hydrogen-bond donors (Lipinski definition) is 2. The van der Waals surface area contributed by atoms with Gasteiger partial charge in [0.1, 0.15) is 12.4 Å². The van der Waals surface area contributed by atoms with E-state index < -0.39 is 11.8 Å². The molecule has 2 amide bonds. The van der Waals surface area contributed by atoms with Crippen LogP contribution in [0.1, 0.15) is 18.1 Å². The molecule has 0 heterocycles. The maximum Gasteiger partial charge on any atom is 0.313 e. The van der Waals surface area contributed by atoms with Crippen molar-refractivity contribution in [3.63, 3.8) is 0 Å². The predicted octanol–water partition coefficient (Wildman–Crippen LogP) is 3.07. The minimum atomic E-state index is -0.704. The van der Waals surface area contributed by atoms with Crippen LogP contribution >= 0.6 is 0 Å². The summed E-state index contributed by atoms with van der Waals surface area (Å²) in [5.41, 5.74) is 2.70. The molecule has 0 saturated heterocycles. The van der Waals surface area contributed by atoms with Gasteiger partial charge in [0.25, 0.3) is 0 Å². The second-order valence-corrected chi connectivity index (χ2v) is 5.43. The lowest BCUT2D eigenvalue weighted by atomic mass is 10.1. The molecule has 0 aromatic heterocycles. The summed E-state index contributed by atoms with van der Waals surface area (Å²) in [7, 11) is 0. The number of carbonyl (C=O) groups excluding carboxylic acids is 2. The molecule has 2 N–H and O–H groups in total. The Morgan fingerprint density at radius 2 is 1.64 bits per heavy atom. The number of nitrogens with one attached hydrogen (secondary N) is 2. The standard InChI is InChI=1S/C20H22N2O3/c1-3-13-25-18-11-9-17(10-12-18)22-20(24)19(23)21-14-16-7-5-15(4-2)6-8-16/h3,5-12H,1,4,13-14H2,2H3,(H,21,23)(H,22,24). The Kier molecular flexibility index (Phi) is 6.77. The van der Waals surface area contributed by atoms with E-state index in [0.717, 1.165) is 12.0 Å². The Bertz CT molecular complexity index is 722. The number of amides is 2. The quantitative estimate of drug-likeness (QED) is 0.602. The Morgan fingerprint density at radius 3 is 2.24 bits per heavy atom. The van der Waals surface area contributed by atoms with E-state index >= 15 is 0 Å². The molecule has 0 unspecified atom stereocenters. The van der Waals surface area contributed by atoms with Crippen molar-refractivity contribution in [2.24, 2.45) is 0 Å². The van der Waals surface area contributed by atoms with Crippen molar-refractivity contribution >= 4 is 17.5 Å². The summed E-state index contributed by atoms with van der Waals surface area (Å²) in [6.07, 6.45) is 2.61. The fourth-order valence-corrected chi connectivity index (χ4v) is 2.13. The summed E-state index contributed by atoms with van der Waals surface area (Å²) in [6.45, 7) is 6.38. The summed E-state index contributed by atoms with van der Waals surface area (Å²) < 4.78 is 5.36. The number of carbonyl (C=O) groups is 2. The summed E-state index contributed by atoms with van der Waals surface area (Å²) in [4.78, 5) is 23.8. The van der Waals surface area contributed by atoms with Crippen LogP contribution in [0.4, 0.5) is 5.69 Å². The third-order valence-electron chi connectivity index (χ3n) is 3.57. The minimum absolute atomic E-state index is 0.310. The molecule has 5 nitrogen and oxygen atoms in total. The van der Waals surface area contributed by atoms with Gasteiger partial charge in [0.2, 0.25) is 0 Å². The van der Waals surface area contributed by atoms with Gasteiger partial charge in [-0.1, -0.05) is 43.8 Å².